The molecule has 0 amide bonds. The van der Waals surface area contributed by atoms with Crippen LogP contribution in [-0.4, -0.2) is 13.9 Å². The lowest BCUT2D eigenvalue weighted by molar-refractivity contribution is 0.573. The van der Waals surface area contributed by atoms with E-state index in [4.69, 9.17) is 0 Å². The number of fused-ring (bicyclic) bond motifs is 1. The fourth-order valence-electron chi connectivity index (χ4n) is 2.33. The van der Waals surface area contributed by atoms with Crippen molar-refractivity contribution in [2.24, 2.45) is 0 Å². The molecule has 21 heavy (non-hydrogen) atoms. The van der Waals surface area contributed by atoms with Gasteiger partial charge in [0.05, 0.1) is 17.4 Å². The molecule has 0 aliphatic carbocycles. The van der Waals surface area contributed by atoms with Crippen LogP contribution < -0.4 is 5.56 Å². The molecule has 3 aromatic rings. The zero-order valence-electron chi connectivity index (χ0n) is 11.7. The summed E-state index contributed by atoms with van der Waals surface area (Å²) in [6, 6.07) is 6.36. The normalized spacial score (nSPS) is 12.7. The first-order valence-corrected chi connectivity index (χ1v) is 7.40. The SMILES string of the molecule is Cc1nsc2ncn(CC(C)c3ccc(F)cc3)c(=O)c12. The summed E-state index contributed by atoms with van der Waals surface area (Å²) in [7, 11) is 0. The van der Waals surface area contributed by atoms with Gasteiger partial charge in [0, 0.05) is 6.54 Å². The van der Waals surface area contributed by atoms with Gasteiger partial charge in [0.15, 0.2) is 4.83 Å². The van der Waals surface area contributed by atoms with Crippen LogP contribution in [0.5, 0.6) is 0 Å². The Morgan fingerprint density at radius 3 is 2.76 bits per heavy atom. The molecule has 2 aromatic heterocycles. The average Bonchev–Trinajstić information content (AvgIpc) is 2.85. The highest BCUT2D eigenvalue weighted by molar-refractivity contribution is 7.12. The number of benzene rings is 1. The maximum absolute atomic E-state index is 13.0. The summed E-state index contributed by atoms with van der Waals surface area (Å²) in [6.45, 7) is 4.32. The zero-order chi connectivity index (χ0) is 15.0. The fraction of sp³-hybridized carbons (Fsp3) is 0.267. The summed E-state index contributed by atoms with van der Waals surface area (Å²) in [5.74, 6) is -0.166. The van der Waals surface area contributed by atoms with Crippen molar-refractivity contribution in [3.05, 3.63) is 58.0 Å². The van der Waals surface area contributed by atoms with Gasteiger partial charge in [-0.3, -0.25) is 9.36 Å². The predicted molar refractivity (Wildman–Crippen MR) is 81.2 cm³/mol. The van der Waals surface area contributed by atoms with Crippen molar-refractivity contribution in [1.29, 1.82) is 0 Å². The van der Waals surface area contributed by atoms with Crippen LogP contribution in [-0.2, 0) is 6.54 Å². The Kier molecular flexibility index (Phi) is 3.55. The molecule has 1 atom stereocenters. The van der Waals surface area contributed by atoms with Gasteiger partial charge in [-0.1, -0.05) is 19.1 Å². The highest BCUT2D eigenvalue weighted by atomic mass is 32.1. The van der Waals surface area contributed by atoms with Gasteiger partial charge in [-0.2, -0.15) is 4.37 Å². The van der Waals surface area contributed by atoms with E-state index >= 15 is 0 Å². The maximum Gasteiger partial charge on any atom is 0.264 e. The number of aromatic nitrogens is 3. The van der Waals surface area contributed by atoms with Crippen molar-refractivity contribution in [2.45, 2.75) is 26.3 Å². The molecule has 4 nitrogen and oxygen atoms in total. The van der Waals surface area contributed by atoms with Crippen molar-refractivity contribution in [2.75, 3.05) is 0 Å². The highest BCUT2D eigenvalue weighted by Gasteiger charge is 2.13. The smallest absolute Gasteiger partial charge is 0.264 e. The van der Waals surface area contributed by atoms with Crippen LogP contribution in [0.1, 0.15) is 24.1 Å². The van der Waals surface area contributed by atoms with Crippen molar-refractivity contribution >= 4 is 21.7 Å². The van der Waals surface area contributed by atoms with Gasteiger partial charge in [-0.25, -0.2) is 9.37 Å². The molecular formula is C15H14FN3OS. The second kappa shape index (κ2) is 5.37. The number of aryl methyl sites for hydroxylation is 1. The van der Waals surface area contributed by atoms with Crippen molar-refractivity contribution < 1.29 is 4.39 Å². The monoisotopic (exact) mass is 303 g/mol. The Bertz CT molecular complexity index is 838. The van der Waals surface area contributed by atoms with E-state index in [-0.39, 0.29) is 17.3 Å². The molecule has 0 N–H and O–H groups in total. The van der Waals surface area contributed by atoms with Gasteiger partial charge in [0.2, 0.25) is 0 Å². The number of hydrogen-bond acceptors (Lipinski definition) is 4. The molecule has 6 heteroatoms. The number of halogens is 1. The molecule has 0 fully saturated rings. The molecule has 1 unspecified atom stereocenters. The summed E-state index contributed by atoms with van der Waals surface area (Å²) in [5, 5.41) is 0.591. The average molecular weight is 303 g/mol. The van der Waals surface area contributed by atoms with Gasteiger partial charge in [-0.15, -0.1) is 0 Å². The third kappa shape index (κ3) is 2.58. The van der Waals surface area contributed by atoms with Crippen LogP contribution in [0, 0.1) is 12.7 Å². The molecule has 0 bridgehead atoms. The molecule has 108 valence electrons. The van der Waals surface area contributed by atoms with Crippen molar-refractivity contribution in [3.8, 4) is 0 Å². The summed E-state index contributed by atoms with van der Waals surface area (Å²) < 4.78 is 18.7. The highest BCUT2D eigenvalue weighted by Crippen LogP contribution is 2.19. The molecule has 0 saturated carbocycles. The van der Waals surface area contributed by atoms with Crippen molar-refractivity contribution in [1.82, 2.24) is 13.9 Å². The van der Waals surface area contributed by atoms with Gasteiger partial charge in [-0.05, 0) is 42.1 Å². The van der Waals surface area contributed by atoms with Gasteiger partial charge < -0.3 is 0 Å². The van der Waals surface area contributed by atoms with Crippen LogP contribution in [0.3, 0.4) is 0 Å². The lowest BCUT2D eigenvalue weighted by Gasteiger charge is -2.13. The molecule has 0 aliphatic heterocycles. The largest absolute Gasteiger partial charge is 0.298 e. The van der Waals surface area contributed by atoms with Crippen LogP contribution in [0.2, 0.25) is 0 Å². The molecule has 1 aromatic carbocycles. The Morgan fingerprint density at radius 1 is 1.33 bits per heavy atom. The Morgan fingerprint density at radius 2 is 2.05 bits per heavy atom. The Balaban J connectivity index is 1.94. The Labute approximate surface area is 125 Å². The second-order valence-corrected chi connectivity index (χ2v) is 5.85. The second-order valence-electron chi connectivity index (χ2n) is 5.10. The predicted octanol–water partition coefficient (Wildman–Crippen LogP) is 3.10. The van der Waals surface area contributed by atoms with Crippen LogP contribution >= 0.6 is 11.5 Å². The Hall–Kier alpha value is -2.08. The first kappa shape index (κ1) is 13.9. The lowest BCUT2D eigenvalue weighted by atomic mass is 10.0. The summed E-state index contributed by atoms with van der Waals surface area (Å²) >= 11 is 1.24. The number of hydrogen-bond donors (Lipinski definition) is 0. The standard InChI is InChI=1S/C15H14FN3OS/c1-9(11-3-5-12(16)6-4-11)7-19-8-17-14-13(15(19)20)10(2)18-21-14/h3-6,8-9H,7H2,1-2H3. The molecule has 2 heterocycles. The minimum atomic E-state index is -0.258. The minimum Gasteiger partial charge on any atom is -0.298 e. The number of rotatable bonds is 3. The van der Waals surface area contributed by atoms with E-state index in [2.05, 4.69) is 9.36 Å². The van der Waals surface area contributed by atoms with Gasteiger partial charge >= 0.3 is 0 Å². The molecule has 0 radical (unpaired) electrons. The zero-order valence-corrected chi connectivity index (χ0v) is 12.5. The lowest BCUT2D eigenvalue weighted by Crippen LogP contribution is -2.23. The van der Waals surface area contributed by atoms with E-state index in [1.807, 2.05) is 13.8 Å². The topological polar surface area (TPSA) is 47.8 Å². The summed E-state index contributed by atoms with van der Waals surface area (Å²) in [5.41, 5.74) is 1.64. The third-order valence-electron chi connectivity index (χ3n) is 3.54. The van der Waals surface area contributed by atoms with Crippen LogP contribution in [0.25, 0.3) is 10.2 Å². The van der Waals surface area contributed by atoms with Gasteiger partial charge in [0.25, 0.3) is 5.56 Å². The fourth-order valence-corrected chi connectivity index (χ4v) is 3.07. The van der Waals surface area contributed by atoms with E-state index in [9.17, 15) is 9.18 Å². The molecule has 0 aliphatic rings. The van der Waals surface area contributed by atoms with Gasteiger partial charge in [0.1, 0.15) is 5.82 Å². The third-order valence-corrected chi connectivity index (χ3v) is 4.39. The van der Waals surface area contributed by atoms with Crippen molar-refractivity contribution in [3.63, 3.8) is 0 Å². The van der Waals surface area contributed by atoms with E-state index in [0.717, 1.165) is 11.3 Å². The molecule has 0 saturated heterocycles. The van der Waals surface area contributed by atoms with E-state index in [0.29, 0.717) is 16.8 Å². The number of nitrogens with zero attached hydrogens (tertiary/aromatic N) is 3. The molecule has 3 rings (SSSR count). The van der Waals surface area contributed by atoms with E-state index < -0.39 is 0 Å². The molecular weight excluding hydrogens is 289 g/mol. The van der Waals surface area contributed by atoms with E-state index in [1.165, 1.54) is 23.7 Å². The molecule has 0 spiro atoms. The minimum absolute atomic E-state index is 0.0692. The van der Waals surface area contributed by atoms with Crippen LogP contribution in [0.15, 0.2) is 35.4 Å². The maximum atomic E-state index is 13.0. The summed E-state index contributed by atoms with van der Waals surface area (Å²) in [6.07, 6.45) is 1.56. The van der Waals surface area contributed by atoms with E-state index in [1.54, 1.807) is 23.0 Å². The quantitative estimate of drug-likeness (QED) is 0.747. The summed E-state index contributed by atoms with van der Waals surface area (Å²) in [4.78, 5) is 17.4. The first-order valence-electron chi connectivity index (χ1n) is 6.63. The van der Waals surface area contributed by atoms with Crippen LogP contribution in [0.4, 0.5) is 4.39 Å². The first-order chi connectivity index (χ1) is 10.1.